The van der Waals surface area contributed by atoms with Crippen LogP contribution in [0.1, 0.15) is 226 Å². The smallest absolute Gasteiger partial charge is 0.306 e. The van der Waals surface area contributed by atoms with Crippen molar-refractivity contribution in [3.05, 3.63) is 72.9 Å². The van der Waals surface area contributed by atoms with Crippen LogP contribution in [0.3, 0.4) is 0 Å². The van der Waals surface area contributed by atoms with Crippen molar-refractivity contribution in [1.82, 2.24) is 0 Å². The van der Waals surface area contributed by atoms with Crippen LogP contribution in [-0.2, 0) is 28.6 Å². The lowest BCUT2D eigenvalue weighted by molar-refractivity contribution is -0.167. The summed E-state index contributed by atoms with van der Waals surface area (Å²) in [5, 5.41) is 0. The first-order valence-electron chi connectivity index (χ1n) is 24.5. The van der Waals surface area contributed by atoms with Gasteiger partial charge in [-0.15, -0.1) is 0 Å². The maximum atomic E-state index is 12.8. The Bertz CT molecular complexity index is 1130. The number of carbonyl (C=O) groups is 3. The molecule has 6 heteroatoms. The largest absolute Gasteiger partial charge is 0.462 e. The molecule has 0 aliphatic rings. The van der Waals surface area contributed by atoms with Gasteiger partial charge in [0.1, 0.15) is 13.2 Å². The Morgan fingerprint density at radius 2 is 0.712 bits per heavy atom. The Morgan fingerprint density at radius 3 is 1.12 bits per heavy atom. The molecular weight excluding hydrogens is 733 g/mol. The predicted molar refractivity (Wildman–Crippen MR) is 251 cm³/mol. The molecule has 6 nitrogen and oxygen atoms in total. The Kier molecular flexibility index (Phi) is 45.0. The number of hydrogen-bond donors (Lipinski definition) is 0. The van der Waals surface area contributed by atoms with Gasteiger partial charge >= 0.3 is 17.9 Å². The van der Waals surface area contributed by atoms with Crippen molar-refractivity contribution in [2.24, 2.45) is 0 Å². The normalized spacial score (nSPS) is 12.7. The van der Waals surface area contributed by atoms with Gasteiger partial charge in [-0.25, -0.2) is 0 Å². The molecule has 0 bridgehead atoms. The Labute approximate surface area is 363 Å². The first kappa shape index (κ1) is 55.9. The number of esters is 3. The minimum absolute atomic E-state index is 0.0900. The van der Waals surface area contributed by atoms with E-state index in [1.54, 1.807) is 0 Å². The van der Waals surface area contributed by atoms with Crippen LogP contribution in [0.25, 0.3) is 0 Å². The second-order valence-corrected chi connectivity index (χ2v) is 16.0. The van der Waals surface area contributed by atoms with Crippen LogP contribution < -0.4 is 0 Å². The van der Waals surface area contributed by atoms with Crippen LogP contribution in [0.15, 0.2) is 72.9 Å². The molecule has 0 aliphatic carbocycles. The SMILES string of the molecule is CC/C=C\C/C=C\CCCCCCCCCC(=O)OC(COC(=O)CCCCCCC/C=C\C/C=C\CC)COC(=O)CCCCCCCC/C=C\C=C/CCCCC. The van der Waals surface area contributed by atoms with Crippen molar-refractivity contribution in [3.63, 3.8) is 0 Å². The van der Waals surface area contributed by atoms with E-state index in [0.29, 0.717) is 19.3 Å². The minimum atomic E-state index is -0.789. The van der Waals surface area contributed by atoms with Crippen molar-refractivity contribution < 1.29 is 28.6 Å². The van der Waals surface area contributed by atoms with Gasteiger partial charge in [0, 0.05) is 19.3 Å². The van der Waals surface area contributed by atoms with Crippen molar-refractivity contribution >= 4 is 17.9 Å². The maximum absolute atomic E-state index is 12.8. The second-order valence-electron chi connectivity index (χ2n) is 16.0. The topological polar surface area (TPSA) is 78.9 Å². The molecule has 0 saturated heterocycles. The molecule has 0 heterocycles. The van der Waals surface area contributed by atoms with E-state index in [4.69, 9.17) is 14.2 Å². The molecule has 0 saturated carbocycles. The molecule has 0 aliphatic heterocycles. The average Bonchev–Trinajstić information content (AvgIpc) is 3.23. The monoisotopic (exact) mass is 823 g/mol. The molecule has 0 radical (unpaired) electrons. The molecule has 0 rings (SSSR count). The predicted octanol–water partition coefficient (Wildman–Crippen LogP) is 15.9. The Hall–Kier alpha value is -3.15. The summed E-state index contributed by atoms with van der Waals surface area (Å²) in [5.41, 5.74) is 0. The summed E-state index contributed by atoms with van der Waals surface area (Å²) < 4.78 is 16.7. The van der Waals surface area contributed by atoms with E-state index < -0.39 is 6.10 Å². The lowest BCUT2D eigenvalue weighted by Gasteiger charge is -2.18. The molecule has 338 valence electrons. The molecule has 0 aromatic heterocycles. The molecule has 1 atom stereocenters. The molecule has 59 heavy (non-hydrogen) atoms. The second kappa shape index (κ2) is 47.5. The standard InChI is InChI=1S/C53H90O6/c1-4-7-10-13-16-19-22-25-27-29-31-34-37-40-43-46-52(55)58-49-50(48-57-51(54)45-42-39-36-33-30-24-21-18-15-12-9-6-3)59-53(56)47-44-41-38-35-32-28-26-23-20-17-14-11-8-5-2/h8-9,11-12,16-22,25,50H,4-7,10,13-15,23-24,26-49H2,1-3H3/b11-8-,12-9-,19-16-,20-17-,21-18-,25-22-. The van der Waals surface area contributed by atoms with E-state index in [0.717, 1.165) is 116 Å². The van der Waals surface area contributed by atoms with Crippen molar-refractivity contribution in [2.75, 3.05) is 13.2 Å². The van der Waals surface area contributed by atoms with Gasteiger partial charge in [-0.05, 0) is 96.3 Å². The lowest BCUT2D eigenvalue weighted by Crippen LogP contribution is -2.30. The van der Waals surface area contributed by atoms with Crippen molar-refractivity contribution in [3.8, 4) is 0 Å². The maximum Gasteiger partial charge on any atom is 0.306 e. The molecule has 0 N–H and O–H groups in total. The van der Waals surface area contributed by atoms with E-state index in [2.05, 4.69) is 93.7 Å². The highest BCUT2D eigenvalue weighted by molar-refractivity contribution is 5.71. The average molecular weight is 823 g/mol. The van der Waals surface area contributed by atoms with Gasteiger partial charge in [-0.3, -0.25) is 14.4 Å². The zero-order valence-corrected chi connectivity index (χ0v) is 38.5. The highest BCUT2D eigenvalue weighted by atomic mass is 16.6. The fourth-order valence-electron chi connectivity index (χ4n) is 6.57. The summed E-state index contributed by atoms with van der Waals surface area (Å²) in [7, 11) is 0. The van der Waals surface area contributed by atoms with Crippen molar-refractivity contribution in [2.45, 2.75) is 232 Å². The number of carbonyl (C=O) groups excluding carboxylic acids is 3. The number of hydrogen-bond acceptors (Lipinski definition) is 6. The zero-order valence-electron chi connectivity index (χ0n) is 38.5. The van der Waals surface area contributed by atoms with Crippen molar-refractivity contribution in [1.29, 1.82) is 0 Å². The van der Waals surface area contributed by atoms with Crippen LogP contribution in [0.5, 0.6) is 0 Å². The Balaban J connectivity index is 4.43. The van der Waals surface area contributed by atoms with E-state index in [-0.39, 0.29) is 31.1 Å². The minimum Gasteiger partial charge on any atom is -0.462 e. The van der Waals surface area contributed by atoms with Gasteiger partial charge in [-0.1, -0.05) is 184 Å². The third-order valence-electron chi connectivity index (χ3n) is 10.2. The van der Waals surface area contributed by atoms with Crippen LogP contribution in [-0.4, -0.2) is 37.2 Å². The van der Waals surface area contributed by atoms with E-state index in [1.165, 1.54) is 70.6 Å². The van der Waals surface area contributed by atoms with Gasteiger partial charge in [-0.2, -0.15) is 0 Å². The molecule has 0 spiro atoms. The Morgan fingerprint density at radius 1 is 0.373 bits per heavy atom. The summed E-state index contributed by atoms with van der Waals surface area (Å²) in [6.45, 7) is 6.36. The molecular formula is C53H90O6. The summed E-state index contributed by atoms with van der Waals surface area (Å²) >= 11 is 0. The van der Waals surface area contributed by atoms with E-state index in [1.807, 2.05) is 0 Å². The molecule has 0 aromatic rings. The number of ether oxygens (including phenoxy) is 3. The molecule has 0 aromatic carbocycles. The molecule has 0 amide bonds. The highest BCUT2D eigenvalue weighted by Gasteiger charge is 2.19. The van der Waals surface area contributed by atoms with Gasteiger partial charge < -0.3 is 14.2 Å². The summed E-state index contributed by atoms with van der Waals surface area (Å²) in [4.78, 5) is 37.9. The van der Waals surface area contributed by atoms with Crippen LogP contribution in [0.2, 0.25) is 0 Å². The van der Waals surface area contributed by atoms with Gasteiger partial charge in [0.25, 0.3) is 0 Å². The summed E-state index contributed by atoms with van der Waals surface area (Å²) in [6.07, 6.45) is 58.8. The van der Waals surface area contributed by atoms with Gasteiger partial charge in [0.2, 0.25) is 0 Å². The summed E-state index contributed by atoms with van der Waals surface area (Å²) in [5.74, 6) is -0.926. The summed E-state index contributed by atoms with van der Waals surface area (Å²) in [6, 6.07) is 0. The van der Waals surface area contributed by atoms with Gasteiger partial charge in [0.15, 0.2) is 6.10 Å². The number of allylic oxidation sites excluding steroid dienone is 12. The van der Waals surface area contributed by atoms with Crippen LogP contribution in [0, 0.1) is 0 Å². The lowest BCUT2D eigenvalue weighted by atomic mass is 10.1. The first-order chi connectivity index (χ1) is 29.0. The van der Waals surface area contributed by atoms with E-state index in [9.17, 15) is 14.4 Å². The molecule has 0 fully saturated rings. The number of unbranched alkanes of at least 4 members (excludes halogenated alkanes) is 21. The quantitative estimate of drug-likeness (QED) is 0.0200. The van der Waals surface area contributed by atoms with Crippen LogP contribution in [0.4, 0.5) is 0 Å². The first-order valence-corrected chi connectivity index (χ1v) is 24.5. The third-order valence-corrected chi connectivity index (χ3v) is 10.2. The van der Waals surface area contributed by atoms with Crippen LogP contribution >= 0.6 is 0 Å². The zero-order chi connectivity index (χ0) is 43.0. The fourth-order valence-corrected chi connectivity index (χ4v) is 6.57. The fraction of sp³-hybridized carbons (Fsp3) is 0.717. The molecule has 1 unspecified atom stereocenters. The third kappa shape index (κ3) is 45.8. The van der Waals surface area contributed by atoms with Gasteiger partial charge in [0.05, 0.1) is 0 Å². The van der Waals surface area contributed by atoms with E-state index >= 15 is 0 Å². The highest BCUT2D eigenvalue weighted by Crippen LogP contribution is 2.14. The number of rotatable bonds is 43.